The van der Waals surface area contributed by atoms with Crippen molar-refractivity contribution in [2.45, 2.75) is 11.7 Å². The average molecular weight is 295 g/mol. The Hall–Kier alpha value is -2.22. The number of aliphatic carboxylic acids is 1. The molecule has 1 amide bonds. The minimum absolute atomic E-state index is 0.0833. The number of hydrogen-bond acceptors (Lipinski definition) is 5. The van der Waals surface area contributed by atoms with Crippen molar-refractivity contribution in [2.75, 3.05) is 12.4 Å². The van der Waals surface area contributed by atoms with E-state index in [9.17, 15) is 9.59 Å². The number of carboxylic acids is 1. The summed E-state index contributed by atoms with van der Waals surface area (Å²) < 4.78 is 6.52. The summed E-state index contributed by atoms with van der Waals surface area (Å²) in [4.78, 5) is 25.6. The van der Waals surface area contributed by atoms with Crippen molar-refractivity contribution in [3.63, 3.8) is 0 Å². The van der Waals surface area contributed by atoms with Gasteiger partial charge in [0.1, 0.15) is 6.61 Å². The number of primary amides is 1. The zero-order chi connectivity index (χ0) is 14.5. The first-order valence-corrected chi connectivity index (χ1v) is 6.78. The van der Waals surface area contributed by atoms with Crippen molar-refractivity contribution in [1.29, 1.82) is 0 Å². The van der Waals surface area contributed by atoms with Gasteiger partial charge in [-0.2, -0.15) is 0 Å². The minimum Gasteiger partial charge on any atom is -0.481 e. The number of fused-ring (bicyclic) bond motifs is 1. The molecule has 0 spiro atoms. The van der Waals surface area contributed by atoms with Gasteiger partial charge in [-0.3, -0.25) is 4.79 Å². The van der Waals surface area contributed by atoms with E-state index in [0.29, 0.717) is 11.7 Å². The molecular weight excluding hydrogens is 282 g/mol. The number of carbonyl (C=O) groups excluding carboxylic acids is 1. The van der Waals surface area contributed by atoms with Crippen LogP contribution in [0, 0.1) is 0 Å². The molecule has 3 N–H and O–H groups in total. The normalized spacial score (nSPS) is 10.6. The molecule has 0 aliphatic carbocycles. The standard InChI is InChI=1S/C12H13N3O4S/c13-11(18)19-6-5-15-9-4-2-1-3-8(9)14-12(15)20-7-10(16)17/h1-4H,5-7H2,(H2,13,18)(H,16,17). The summed E-state index contributed by atoms with van der Waals surface area (Å²) in [6, 6.07) is 7.43. The van der Waals surface area contributed by atoms with Crippen molar-refractivity contribution in [1.82, 2.24) is 9.55 Å². The molecule has 106 valence electrons. The Morgan fingerprint density at radius 3 is 2.85 bits per heavy atom. The number of nitrogens with zero attached hydrogens (tertiary/aromatic N) is 2. The molecule has 2 aromatic rings. The summed E-state index contributed by atoms with van der Waals surface area (Å²) in [6.45, 7) is 0.474. The number of thioether (sulfide) groups is 1. The number of imidazole rings is 1. The molecule has 2 rings (SSSR count). The first-order valence-electron chi connectivity index (χ1n) is 5.80. The zero-order valence-electron chi connectivity index (χ0n) is 10.5. The molecule has 0 fully saturated rings. The second-order valence-corrected chi connectivity index (χ2v) is 4.83. The van der Waals surface area contributed by atoms with Gasteiger partial charge in [-0.25, -0.2) is 9.78 Å². The molecule has 7 nitrogen and oxygen atoms in total. The van der Waals surface area contributed by atoms with E-state index >= 15 is 0 Å². The number of amides is 1. The number of hydrogen-bond donors (Lipinski definition) is 2. The molecule has 0 saturated heterocycles. The van der Waals surface area contributed by atoms with Gasteiger partial charge in [0.25, 0.3) is 0 Å². The maximum absolute atomic E-state index is 10.7. The van der Waals surface area contributed by atoms with Crippen molar-refractivity contribution in [2.24, 2.45) is 5.73 Å². The van der Waals surface area contributed by atoms with Crippen LogP contribution in [0.15, 0.2) is 29.4 Å². The van der Waals surface area contributed by atoms with E-state index in [0.717, 1.165) is 22.8 Å². The number of carboxylic acid groups (broad SMARTS) is 1. The molecule has 0 saturated carbocycles. The lowest BCUT2D eigenvalue weighted by molar-refractivity contribution is -0.133. The quantitative estimate of drug-likeness (QED) is 0.778. The molecule has 8 heteroatoms. The Labute approximate surface area is 118 Å². The second-order valence-electron chi connectivity index (χ2n) is 3.88. The Bertz CT molecular complexity index is 641. The third-order valence-electron chi connectivity index (χ3n) is 2.50. The van der Waals surface area contributed by atoms with Crippen molar-refractivity contribution < 1.29 is 19.4 Å². The highest BCUT2D eigenvalue weighted by Gasteiger charge is 2.12. The largest absolute Gasteiger partial charge is 0.481 e. The van der Waals surface area contributed by atoms with Gasteiger partial charge in [-0.15, -0.1) is 0 Å². The Balaban J connectivity index is 2.24. The summed E-state index contributed by atoms with van der Waals surface area (Å²) >= 11 is 1.12. The van der Waals surface area contributed by atoms with Crippen LogP contribution in [0.1, 0.15) is 0 Å². The van der Waals surface area contributed by atoms with Gasteiger partial charge in [-0.05, 0) is 12.1 Å². The molecule has 0 bridgehead atoms. The van der Waals surface area contributed by atoms with Crippen LogP contribution in [0.3, 0.4) is 0 Å². The molecule has 1 heterocycles. The maximum Gasteiger partial charge on any atom is 0.404 e. The lowest BCUT2D eigenvalue weighted by Crippen LogP contribution is -2.17. The Morgan fingerprint density at radius 1 is 1.40 bits per heavy atom. The SMILES string of the molecule is NC(=O)OCCn1c(SCC(=O)O)nc2ccccc21. The Morgan fingerprint density at radius 2 is 2.15 bits per heavy atom. The lowest BCUT2D eigenvalue weighted by atomic mass is 10.3. The van der Waals surface area contributed by atoms with Gasteiger partial charge < -0.3 is 20.1 Å². The van der Waals surface area contributed by atoms with E-state index in [1.807, 2.05) is 28.8 Å². The number of rotatable bonds is 6. The monoisotopic (exact) mass is 295 g/mol. The van der Waals surface area contributed by atoms with Gasteiger partial charge in [0.05, 0.1) is 23.3 Å². The number of ether oxygens (including phenoxy) is 1. The van der Waals surface area contributed by atoms with Gasteiger partial charge in [0.15, 0.2) is 5.16 Å². The molecule has 1 aromatic carbocycles. The van der Waals surface area contributed by atoms with Gasteiger partial charge in [-0.1, -0.05) is 23.9 Å². The third kappa shape index (κ3) is 3.41. The van der Waals surface area contributed by atoms with E-state index in [4.69, 9.17) is 15.6 Å². The maximum atomic E-state index is 10.7. The molecule has 0 unspecified atom stereocenters. The first-order chi connectivity index (χ1) is 9.58. The van der Waals surface area contributed by atoms with E-state index < -0.39 is 12.1 Å². The summed E-state index contributed by atoms with van der Waals surface area (Å²) in [5.41, 5.74) is 6.53. The predicted octanol–water partition coefficient (Wildman–Crippen LogP) is 1.31. The fraction of sp³-hybridized carbons (Fsp3) is 0.250. The molecule has 0 aliphatic rings. The summed E-state index contributed by atoms with van der Waals surface area (Å²) in [5, 5.41) is 9.32. The van der Waals surface area contributed by atoms with Crippen molar-refractivity contribution >= 4 is 34.9 Å². The fourth-order valence-electron chi connectivity index (χ4n) is 1.74. The number of para-hydroxylation sites is 2. The predicted molar refractivity (Wildman–Crippen MR) is 73.6 cm³/mol. The van der Waals surface area contributed by atoms with Gasteiger partial charge in [0, 0.05) is 0 Å². The summed E-state index contributed by atoms with van der Waals surface area (Å²) in [6.07, 6.45) is -0.839. The number of carbonyl (C=O) groups is 2. The topological polar surface area (TPSA) is 107 Å². The highest BCUT2D eigenvalue weighted by atomic mass is 32.2. The highest BCUT2D eigenvalue weighted by molar-refractivity contribution is 7.99. The summed E-state index contributed by atoms with van der Waals surface area (Å²) in [7, 11) is 0. The van der Waals surface area contributed by atoms with Crippen LogP contribution >= 0.6 is 11.8 Å². The molecule has 0 aliphatic heterocycles. The van der Waals surface area contributed by atoms with Gasteiger partial charge in [0.2, 0.25) is 0 Å². The van der Waals surface area contributed by atoms with Crippen LogP contribution in [0.4, 0.5) is 4.79 Å². The van der Waals surface area contributed by atoms with Crippen LogP contribution in [0.5, 0.6) is 0 Å². The Kier molecular flexibility index (Phi) is 4.46. The van der Waals surface area contributed by atoms with Crippen LogP contribution in [0.2, 0.25) is 0 Å². The highest BCUT2D eigenvalue weighted by Crippen LogP contribution is 2.23. The number of nitrogens with two attached hydrogens (primary N) is 1. The van der Waals surface area contributed by atoms with Crippen molar-refractivity contribution in [3.05, 3.63) is 24.3 Å². The van der Waals surface area contributed by atoms with Crippen LogP contribution in [0.25, 0.3) is 11.0 Å². The average Bonchev–Trinajstić information content (AvgIpc) is 2.74. The molecule has 0 radical (unpaired) electrons. The van der Waals surface area contributed by atoms with E-state index in [1.54, 1.807) is 0 Å². The minimum atomic E-state index is -0.915. The van der Waals surface area contributed by atoms with E-state index in [2.05, 4.69) is 4.98 Å². The zero-order valence-corrected chi connectivity index (χ0v) is 11.3. The van der Waals surface area contributed by atoms with Crippen LogP contribution in [-0.2, 0) is 16.1 Å². The molecule has 1 aromatic heterocycles. The van der Waals surface area contributed by atoms with Crippen LogP contribution in [-0.4, -0.2) is 39.1 Å². The van der Waals surface area contributed by atoms with Gasteiger partial charge >= 0.3 is 12.1 Å². The second kappa shape index (κ2) is 6.29. The summed E-state index contributed by atoms with van der Waals surface area (Å²) in [5.74, 6) is -0.998. The molecular formula is C12H13N3O4S. The third-order valence-corrected chi connectivity index (χ3v) is 3.46. The van der Waals surface area contributed by atoms with Crippen molar-refractivity contribution in [3.8, 4) is 0 Å². The van der Waals surface area contributed by atoms with E-state index in [1.165, 1.54) is 0 Å². The lowest BCUT2D eigenvalue weighted by Gasteiger charge is -2.08. The van der Waals surface area contributed by atoms with E-state index in [-0.39, 0.29) is 12.4 Å². The number of aromatic nitrogens is 2. The number of benzene rings is 1. The molecule has 20 heavy (non-hydrogen) atoms. The smallest absolute Gasteiger partial charge is 0.404 e. The first kappa shape index (κ1) is 14.2. The molecule has 0 atom stereocenters. The fourth-order valence-corrected chi connectivity index (χ4v) is 2.50. The van der Waals surface area contributed by atoms with Crippen LogP contribution < -0.4 is 5.73 Å².